The van der Waals surface area contributed by atoms with Crippen molar-refractivity contribution >= 4 is 45.0 Å². The number of hydrogen-bond acceptors (Lipinski definition) is 9. The van der Waals surface area contributed by atoms with E-state index in [-0.39, 0.29) is 59.5 Å². The van der Waals surface area contributed by atoms with Crippen LogP contribution in [0.4, 0.5) is 37.4 Å². The smallest absolute Gasteiger partial charge is 0.321 e. The molecule has 0 radical (unpaired) electrons. The Balaban J connectivity index is 0.000000241. The van der Waals surface area contributed by atoms with Crippen molar-refractivity contribution < 1.29 is 32.0 Å². The summed E-state index contributed by atoms with van der Waals surface area (Å²) < 4.78 is 53.2. The molecule has 11 nitrogen and oxygen atoms in total. The maximum absolute atomic E-state index is 13.7. The molecule has 0 saturated carbocycles. The van der Waals surface area contributed by atoms with E-state index in [1.165, 1.54) is 36.4 Å². The molecule has 0 aliphatic rings. The van der Waals surface area contributed by atoms with E-state index in [0.717, 1.165) is 22.7 Å². The molecule has 44 heavy (non-hydrogen) atoms. The third-order valence-corrected chi connectivity index (χ3v) is 7.06. The van der Waals surface area contributed by atoms with Gasteiger partial charge in [0.15, 0.2) is 10.3 Å². The van der Waals surface area contributed by atoms with Gasteiger partial charge >= 0.3 is 12.1 Å². The van der Waals surface area contributed by atoms with Gasteiger partial charge in [-0.2, -0.15) is 13.8 Å². The van der Waals surface area contributed by atoms with Gasteiger partial charge in [-0.15, -0.1) is 0 Å². The first-order valence-electron chi connectivity index (χ1n) is 12.8. The van der Waals surface area contributed by atoms with Crippen LogP contribution < -0.4 is 26.6 Å². The lowest BCUT2D eigenvalue weighted by Gasteiger charge is -2.10. The lowest BCUT2D eigenvalue weighted by Crippen LogP contribution is -2.28. The van der Waals surface area contributed by atoms with Crippen LogP contribution in [0.2, 0.25) is 0 Å². The van der Waals surface area contributed by atoms with E-state index >= 15 is 0 Å². The quantitative estimate of drug-likeness (QED) is 0.111. The molecule has 2 aromatic carbocycles. The fourth-order valence-electron chi connectivity index (χ4n) is 3.36. The predicted octanol–water partition coefficient (Wildman–Crippen LogP) is 5.20. The van der Waals surface area contributed by atoms with E-state index in [1.54, 1.807) is 38.4 Å². The molecule has 2 aromatic heterocycles. The first kappa shape index (κ1) is 34.3. The molecule has 0 unspecified atom stereocenters. The second kappa shape index (κ2) is 17.2. The van der Waals surface area contributed by atoms with Crippen LogP contribution >= 0.6 is 22.7 Å². The van der Waals surface area contributed by atoms with E-state index < -0.39 is 22.3 Å². The highest BCUT2D eigenvalue weighted by Gasteiger charge is 2.15. The van der Waals surface area contributed by atoms with Gasteiger partial charge in [-0.25, -0.2) is 28.3 Å². The summed E-state index contributed by atoms with van der Waals surface area (Å²) in [4.78, 5) is 36.3. The van der Waals surface area contributed by atoms with E-state index in [9.17, 15) is 27.2 Å². The van der Waals surface area contributed by atoms with Gasteiger partial charge in [0.2, 0.25) is 10.3 Å². The largest absolute Gasteiger partial charge is 0.334 e. The van der Waals surface area contributed by atoms with Gasteiger partial charge in [0.05, 0.1) is 13.7 Å². The first-order valence-corrected chi connectivity index (χ1v) is 14.5. The van der Waals surface area contributed by atoms with Crippen molar-refractivity contribution in [2.24, 2.45) is 0 Å². The maximum atomic E-state index is 13.7. The summed E-state index contributed by atoms with van der Waals surface area (Å²) in [6, 6.07) is 10.7. The number of nitrogens with zero attached hydrogens (tertiary/aromatic N) is 3. The number of carbonyl (C=O) groups is 2. The highest BCUT2D eigenvalue weighted by molar-refractivity contribution is 7.14. The molecule has 0 saturated heterocycles. The summed E-state index contributed by atoms with van der Waals surface area (Å²) in [5.74, 6) is -0.744. The minimum atomic E-state index is -0.547. The molecule has 236 valence electrons. The molecule has 0 fully saturated rings. The lowest BCUT2D eigenvalue weighted by molar-refractivity contribution is -0.117. The number of rotatable bonds is 11. The molecule has 0 bridgehead atoms. The molecule has 4 amide bonds. The van der Waals surface area contributed by atoms with E-state index in [4.69, 9.17) is 4.84 Å². The summed E-state index contributed by atoms with van der Waals surface area (Å²) in [7, 11) is 4.78. The minimum absolute atomic E-state index is 0.138. The molecule has 0 aliphatic heterocycles. The number of hydrogen-bond donors (Lipinski definition) is 5. The third kappa shape index (κ3) is 11.5. The van der Waals surface area contributed by atoms with Crippen LogP contribution in [-0.4, -0.2) is 48.3 Å². The van der Waals surface area contributed by atoms with Crippen LogP contribution in [0.3, 0.4) is 0 Å². The zero-order valence-corrected chi connectivity index (χ0v) is 25.5. The molecule has 17 heteroatoms. The summed E-state index contributed by atoms with van der Waals surface area (Å²) in [6.45, 7) is 0.762. The van der Waals surface area contributed by atoms with Crippen LogP contribution in [0.15, 0.2) is 48.5 Å². The van der Waals surface area contributed by atoms with Crippen molar-refractivity contribution in [2.75, 3.05) is 31.8 Å². The van der Waals surface area contributed by atoms with Crippen molar-refractivity contribution in [3.05, 3.63) is 92.9 Å². The Labute approximate surface area is 258 Å². The van der Waals surface area contributed by atoms with Crippen LogP contribution in [0, 0.1) is 21.9 Å². The highest BCUT2D eigenvalue weighted by atomic mass is 32.1. The number of urea groups is 2. The first-order chi connectivity index (χ1) is 21.1. The Bertz CT molecular complexity index is 1540. The van der Waals surface area contributed by atoms with Crippen molar-refractivity contribution in [3.8, 4) is 0 Å². The topological polar surface area (TPSA) is 133 Å². The Morgan fingerprint density at radius 1 is 0.795 bits per heavy atom. The zero-order valence-electron chi connectivity index (χ0n) is 23.8. The van der Waals surface area contributed by atoms with Gasteiger partial charge in [-0.05, 0) is 42.4 Å². The second-order valence-electron chi connectivity index (χ2n) is 8.85. The van der Waals surface area contributed by atoms with Gasteiger partial charge in [-0.1, -0.05) is 46.9 Å². The van der Waals surface area contributed by atoms with Crippen LogP contribution in [0.5, 0.6) is 0 Å². The molecule has 5 N–H and O–H groups in total. The molecule has 0 aliphatic carbocycles. The van der Waals surface area contributed by atoms with Gasteiger partial charge in [0.25, 0.3) is 0 Å². The summed E-state index contributed by atoms with van der Waals surface area (Å²) in [5.41, 5.74) is 1.68. The minimum Gasteiger partial charge on any atom is -0.334 e. The summed E-state index contributed by atoms with van der Waals surface area (Å²) >= 11 is 1.48. The maximum Gasteiger partial charge on any atom is 0.321 e. The van der Waals surface area contributed by atoms with Gasteiger partial charge in [0, 0.05) is 26.7 Å². The number of anilines is 2. The summed E-state index contributed by atoms with van der Waals surface area (Å²) in [5, 5.41) is 13.6. The Kier molecular flexibility index (Phi) is 13.4. The van der Waals surface area contributed by atoms with Crippen LogP contribution in [0.1, 0.15) is 22.5 Å². The molecule has 4 aromatic rings. The standard InChI is InChI=1S/C14H16F2N4O2S.C13H14F2N4OS/c1-20(22-2)8-11-12(16)23-14(18-11)19-13(21)17-7-9-4-3-5-10(15)6-9;1-16-7-10-11(15)21-13(18-10)19-12(20)17-6-8-3-2-4-9(14)5-8/h3-6H,7-8H2,1-2H3,(H2,17,18,19,21);2-5,16H,6-7H2,1H3,(H2,17,18,19,20). The van der Waals surface area contributed by atoms with Crippen LogP contribution in [0.25, 0.3) is 0 Å². The second-order valence-corrected chi connectivity index (χ2v) is 10.8. The number of nitrogens with one attached hydrogen (secondary N) is 5. The van der Waals surface area contributed by atoms with Crippen molar-refractivity contribution in [1.29, 1.82) is 0 Å². The highest BCUT2D eigenvalue weighted by Crippen LogP contribution is 2.22. The molecular formula is C27H30F4N8O3S2. The number of benzene rings is 2. The van der Waals surface area contributed by atoms with Crippen molar-refractivity contribution in [3.63, 3.8) is 0 Å². The average Bonchev–Trinajstić information content (AvgIpc) is 3.50. The zero-order chi connectivity index (χ0) is 32.1. The number of thiazole rings is 2. The van der Waals surface area contributed by atoms with Crippen LogP contribution in [-0.2, 0) is 31.0 Å². The molecular weight excluding hydrogens is 624 g/mol. The fourth-order valence-corrected chi connectivity index (χ4v) is 4.77. The van der Waals surface area contributed by atoms with Crippen molar-refractivity contribution in [1.82, 2.24) is 31.0 Å². The van der Waals surface area contributed by atoms with Gasteiger partial charge in [-0.3, -0.25) is 10.6 Å². The number of carbonyl (C=O) groups excluding carboxylic acids is 2. The monoisotopic (exact) mass is 654 g/mol. The van der Waals surface area contributed by atoms with Gasteiger partial charge < -0.3 is 20.8 Å². The normalized spacial score (nSPS) is 10.6. The SMILES string of the molecule is CNCc1nc(NC(=O)NCc2cccc(F)c2)sc1F.CON(C)Cc1nc(NC(=O)NCc2cccc(F)c2)sc1F. The van der Waals surface area contributed by atoms with Gasteiger partial charge in [0.1, 0.15) is 23.0 Å². The average molecular weight is 655 g/mol. The Morgan fingerprint density at radius 3 is 1.73 bits per heavy atom. The number of aromatic nitrogens is 2. The molecule has 2 heterocycles. The number of halogens is 4. The predicted molar refractivity (Wildman–Crippen MR) is 160 cm³/mol. The molecule has 4 rings (SSSR count). The van der Waals surface area contributed by atoms with E-state index in [1.807, 2.05) is 0 Å². The third-order valence-electron chi connectivity index (χ3n) is 5.45. The molecule has 0 atom stereocenters. The number of amides is 4. The Hall–Kier alpha value is -4.16. The van der Waals surface area contributed by atoms with Crippen molar-refractivity contribution in [2.45, 2.75) is 26.2 Å². The lowest BCUT2D eigenvalue weighted by atomic mass is 10.2. The number of hydroxylamine groups is 2. The fraction of sp³-hybridized carbons (Fsp3) is 0.259. The summed E-state index contributed by atoms with van der Waals surface area (Å²) in [6.07, 6.45) is 0. The molecule has 0 spiro atoms. The Morgan fingerprint density at radius 2 is 1.27 bits per heavy atom. The van der Waals surface area contributed by atoms with E-state index in [2.05, 4.69) is 36.6 Å². The van der Waals surface area contributed by atoms with E-state index in [0.29, 0.717) is 11.1 Å².